The highest BCUT2D eigenvalue weighted by atomic mass is 32.2. The Balaban J connectivity index is 1.37. The number of benzene rings is 2. The molecule has 0 spiro atoms. The molecule has 10 heteroatoms. The van der Waals surface area contributed by atoms with Crippen LogP contribution in [0.2, 0.25) is 0 Å². The van der Waals surface area contributed by atoms with E-state index in [0.717, 1.165) is 31.2 Å². The van der Waals surface area contributed by atoms with Gasteiger partial charge < -0.3 is 24.3 Å². The summed E-state index contributed by atoms with van der Waals surface area (Å²) in [6.07, 6.45) is 3.10. The molecule has 0 unspecified atom stereocenters. The van der Waals surface area contributed by atoms with Gasteiger partial charge in [0, 0.05) is 36.8 Å². The molecule has 2 aromatic carbocycles. The van der Waals surface area contributed by atoms with Gasteiger partial charge in [0.05, 0.1) is 7.11 Å². The van der Waals surface area contributed by atoms with Crippen molar-refractivity contribution in [2.45, 2.75) is 42.0 Å². The van der Waals surface area contributed by atoms with Crippen LogP contribution in [-0.4, -0.2) is 54.0 Å². The van der Waals surface area contributed by atoms with Gasteiger partial charge in [-0.05, 0) is 61.6 Å². The summed E-state index contributed by atoms with van der Waals surface area (Å²) in [7, 11) is -2.38. The minimum atomic E-state index is -3.79. The van der Waals surface area contributed by atoms with Crippen LogP contribution in [-0.2, 0) is 20.2 Å². The third-order valence-corrected chi connectivity index (χ3v) is 8.18. The molecule has 34 heavy (non-hydrogen) atoms. The number of hydrogen-bond donors (Lipinski definition) is 2. The maximum atomic E-state index is 13.1. The molecule has 1 amide bonds. The molecule has 9 nitrogen and oxygen atoms in total. The molecule has 1 saturated heterocycles. The number of rotatable bonds is 8. The fourth-order valence-electron chi connectivity index (χ4n) is 4.42. The van der Waals surface area contributed by atoms with E-state index in [2.05, 4.69) is 10.0 Å². The van der Waals surface area contributed by atoms with E-state index in [1.807, 2.05) is 18.2 Å². The summed E-state index contributed by atoms with van der Waals surface area (Å²) < 4.78 is 50.1. The van der Waals surface area contributed by atoms with Gasteiger partial charge in [0.1, 0.15) is 10.6 Å². The predicted octanol–water partition coefficient (Wildman–Crippen LogP) is 2.34. The molecule has 182 valence electrons. The Hall–Kier alpha value is -2.82. The number of sulfonamides is 1. The Bertz CT molecular complexity index is 1190. The lowest BCUT2D eigenvalue weighted by atomic mass is 9.74. The molecule has 0 aromatic heterocycles. The van der Waals surface area contributed by atoms with E-state index in [9.17, 15) is 13.2 Å². The van der Waals surface area contributed by atoms with E-state index in [1.165, 1.54) is 19.2 Å². The van der Waals surface area contributed by atoms with Gasteiger partial charge in [-0.2, -0.15) is 0 Å². The highest BCUT2D eigenvalue weighted by Gasteiger charge is 2.36. The van der Waals surface area contributed by atoms with Crippen LogP contribution in [0.1, 0.15) is 41.6 Å². The van der Waals surface area contributed by atoms with Crippen LogP contribution in [0.4, 0.5) is 0 Å². The molecule has 5 rings (SSSR count). The topological polar surface area (TPSA) is 112 Å². The first-order valence-electron chi connectivity index (χ1n) is 11.4. The molecule has 0 bridgehead atoms. The summed E-state index contributed by atoms with van der Waals surface area (Å²) >= 11 is 0. The zero-order valence-corrected chi connectivity index (χ0v) is 19.8. The van der Waals surface area contributed by atoms with Gasteiger partial charge in [0.15, 0.2) is 11.5 Å². The van der Waals surface area contributed by atoms with Crippen LogP contribution in [0.3, 0.4) is 0 Å². The zero-order valence-electron chi connectivity index (χ0n) is 19.0. The Morgan fingerprint density at radius 3 is 2.59 bits per heavy atom. The predicted molar refractivity (Wildman–Crippen MR) is 123 cm³/mol. The molecule has 2 heterocycles. The average molecular weight is 489 g/mol. The van der Waals surface area contributed by atoms with Crippen molar-refractivity contribution in [2.75, 3.05) is 33.7 Å². The molecular formula is C24H28N2O7S. The van der Waals surface area contributed by atoms with Crippen molar-refractivity contribution in [3.8, 4) is 17.2 Å². The smallest absolute Gasteiger partial charge is 0.251 e. The van der Waals surface area contributed by atoms with Crippen LogP contribution < -0.4 is 24.2 Å². The summed E-state index contributed by atoms with van der Waals surface area (Å²) in [5, 5.41) is 3.02. The molecule has 3 aliphatic rings. The van der Waals surface area contributed by atoms with E-state index >= 15 is 0 Å². The Morgan fingerprint density at radius 1 is 1.09 bits per heavy atom. The maximum absolute atomic E-state index is 13.1. The van der Waals surface area contributed by atoms with Crippen molar-refractivity contribution in [2.24, 2.45) is 0 Å². The number of carbonyl (C=O) groups excluding carboxylic acids is 1. The molecule has 0 atom stereocenters. The van der Waals surface area contributed by atoms with Crippen molar-refractivity contribution in [1.29, 1.82) is 0 Å². The fraction of sp³-hybridized carbons (Fsp3) is 0.458. The summed E-state index contributed by atoms with van der Waals surface area (Å²) in [6.45, 7) is 1.75. The number of nitrogens with one attached hydrogen (secondary N) is 2. The normalized spacial score (nSPS) is 19.0. The molecular weight excluding hydrogens is 460 g/mol. The molecule has 0 radical (unpaired) electrons. The highest BCUT2D eigenvalue weighted by Crippen LogP contribution is 2.40. The van der Waals surface area contributed by atoms with Gasteiger partial charge in [-0.25, -0.2) is 13.1 Å². The first-order chi connectivity index (χ1) is 16.4. The summed E-state index contributed by atoms with van der Waals surface area (Å²) in [5.74, 6) is 1.26. The van der Waals surface area contributed by atoms with Crippen LogP contribution in [0.15, 0.2) is 41.3 Å². The quantitative estimate of drug-likeness (QED) is 0.587. The van der Waals surface area contributed by atoms with E-state index in [-0.39, 0.29) is 40.4 Å². The molecule has 2 N–H and O–H groups in total. The highest BCUT2D eigenvalue weighted by molar-refractivity contribution is 7.89. The van der Waals surface area contributed by atoms with Crippen LogP contribution in [0, 0.1) is 0 Å². The molecule has 1 saturated carbocycles. The fourth-order valence-corrected chi connectivity index (χ4v) is 5.92. The van der Waals surface area contributed by atoms with Crippen molar-refractivity contribution in [3.63, 3.8) is 0 Å². The monoisotopic (exact) mass is 488 g/mol. The van der Waals surface area contributed by atoms with E-state index < -0.39 is 10.0 Å². The largest absolute Gasteiger partial charge is 0.495 e. The van der Waals surface area contributed by atoms with Gasteiger partial charge >= 0.3 is 0 Å². The van der Waals surface area contributed by atoms with Crippen molar-refractivity contribution < 1.29 is 32.2 Å². The third-order valence-electron chi connectivity index (χ3n) is 6.64. The van der Waals surface area contributed by atoms with Gasteiger partial charge in [-0.3, -0.25) is 4.79 Å². The molecule has 2 aliphatic heterocycles. The van der Waals surface area contributed by atoms with Crippen molar-refractivity contribution in [1.82, 2.24) is 10.0 Å². The Labute approximate surface area is 198 Å². The molecule has 2 fully saturated rings. The number of hydrogen-bond acceptors (Lipinski definition) is 7. The minimum Gasteiger partial charge on any atom is -0.495 e. The summed E-state index contributed by atoms with van der Waals surface area (Å²) in [6, 6.07) is 10.3. The lowest BCUT2D eigenvalue weighted by Crippen LogP contribution is -2.44. The number of fused-ring (bicyclic) bond motifs is 1. The second-order valence-electron chi connectivity index (χ2n) is 8.90. The Kier molecular flexibility index (Phi) is 6.13. The second kappa shape index (κ2) is 9.09. The molecule has 1 aliphatic carbocycles. The minimum absolute atomic E-state index is 0.0360. The van der Waals surface area contributed by atoms with E-state index in [0.29, 0.717) is 31.3 Å². The van der Waals surface area contributed by atoms with Gasteiger partial charge in [0.25, 0.3) is 5.91 Å². The van der Waals surface area contributed by atoms with E-state index in [1.54, 1.807) is 6.07 Å². The van der Waals surface area contributed by atoms with Crippen LogP contribution >= 0.6 is 0 Å². The lowest BCUT2D eigenvalue weighted by molar-refractivity contribution is 0.0486. The van der Waals surface area contributed by atoms with Crippen molar-refractivity contribution >= 4 is 15.9 Å². The summed E-state index contributed by atoms with van der Waals surface area (Å²) in [4.78, 5) is 13.1. The SMILES string of the molecule is COc1ccc(C(=O)NCC2(c3ccc4c(c3)OCO4)CCOCC2)cc1S(=O)(=O)NC1CC1. The first-order valence-corrected chi connectivity index (χ1v) is 12.8. The number of methoxy groups -OCH3 is 1. The number of ether oxygens (including phenoxy) is 4. The molecule has 2 aromatic rings. The first kappa shape index (κ1) is 22.9. The van der Waals surface area contributed by atoms with Crippen LogP contribution in [0.25, 0.3) is 0 Å². The maximum Gasteiger partial charge on any atom is 0.251 e. The number of amides is 1. The van der Waals surface area contributed by atoms with Crippen LogP contribution in [0.5, 0.6) is 17.2 Å². The van der Waals surface area contributed by atoms with E-state index in [4.69, 9.17) is 18.9 Å². The number of carbonyl (C=O) groups is 1. The van der Waals surface area contributed by atoms with Crippen molar-refractivity contribution in [3.05, 3.63) is 47.5 Å². The lowest BCUT2D eigenvalue weighted by Gasteiger charge is -2.38. The second-order valence-corrected chi connectivity index (χ2v) is 10.6. The van der Waals surface area contributed by atoms with Gasteiger partial charge in [-0.15, -0.1) is 0 Å². The summed E-state index contributed by atoms with van der Waals surface area (Å²) in [5.41, 5.74) is 0.973. The third kappa shape index (κ3) is 4.57. The average Bonchev–Trinajstić information content (AvgIpc) is 3.53. The van der Waals surface area contributed by atoms with Gasteiger partial charge in [0.2, 0.25) is 16.8 Å². The Morgan fingerprint density at radius 2 is 1.85 bits per heavy atom. The standard InChI is InChI=1S/C24H28N2O7S/c1-30-20-6-2-16(12-22(20)34(28,29)26-18-4-5-18)23(27)25-14-24(8-10-31-11-9-24)17-3-7-19-21(13-17)33-15-32-19/h2-3,6-7,12-13,18,26H,4-5,8-11,14-15H2,1H3,(H,25,27). The van der Waals surface area contributed by atoms with Gasteiger partial charge in [-0.1, -0.05) is 6.07 Å². The zero-order chi connectivity index (χ0) is 23.8.